The average Bonchev–Trinajstić information content (AvgIpc) is 3.19. The van der Waals surface area contributed by atoms with E-state index in [2.05, 4.69) is 74.0 Å². The van der Waals surface area contributed by atoms with Gasteiger partial charge in [0.05, 0.1) is 6.61 Å². The molecule has 1 rings (SSSR count). The monoisotopic (exact) mass is 799 g/mol. The van der Waals surface area contributed by atoms with E-state index in [9.17, 15) is 9.59 Å². The molecule has 0 atom stereocenters. The minimum absolute atomic E-state index is 0.00525. The zero-order valence-electron chi connectivity index (χ0n) is 38.3. The summed E-state index contributed by atoms with van der Waals surface area (Å²) in [6, 6.07) is 0.776. The van der Waals surface area contributed by atoms with Crippen LogP contribution in [0, 0.1) is 0 Å². The smallest absolute Gasteiger partial charge is 0.306 e. The molecule has 0 aromatic heterocycles. The van der Waals surface area contributed by atoms with Crippen LogP contribution in [-0.4, -0.2) is 73.2 Å². The van der Waals surface area contributed by atoms with Gasteiger partial charge in [0.1, 0.15) is 6.10 Å². The third kappa shape index (κ3) is 33.6. The minimum Gasteiger partial charge on any atom is -0.466 e. The van der Waals surface area contributed by atoms with Crippen LogP contribution < -0.4 is 0 Å². The second-order valence-corrected chi connectivity index (χ2v) is 16.9. The van der Waals surface area contributed by atoms with E-state index in [1.54, 1.807) is 0 Å². The second-order valence-electron chi connectivity index (χ2n) is 16.9. The standard InChI is InChI=1S/C51H94N2O4/c1-5-9-12-15-18-21-24-29-39-49(40-30-25-22-19-16-13-10-6-2)57-51(55)42-32-28-34-44-52(45-46-53(8-4)48-37-36-38-48)43-33-27-31-41-50(54)56-47-35-26-23-20-17-14-11-7-3/h18-23,48-49H,5-17,24-47H2,1-4H3/b21-18-,22-19-,23-20+. The van der Waals surface area contributed by atoms with E-state index in [1.165, 1.54) is 89.9 Å². The molecule has 0 aromatic carbocycles. The Bertz CT molecular complexity index is 964. The first-order valence-corrected chi connectivity index (χ1v) is 24.8. The molecule has 6 nitrogen and oxygen atoms in total. The summed E-state index contributed by atoms with van der Waals surface area (Å²) in [6.45, 7) is 15.1. The largest absolute Gasteiger partial charge is 0.466 e. The topological polar surface area (TPSA) is 59.1 Å². The SMILES string of the molecule is CCCCC/C=C\CCCC(CCC/C=C\CCCCC)OC(=O)CCCCCN(CCCCCC(=O)OCCC/C=C/CCCCC)CCN(CC)C1CCC1. The Morgan fingerprint density at radius 1 is 0.526 bits per heavy atom. The summed E-state index contributed by atoms with van der Waals surface area (Å²) < 4.78 is 11.6. The van der Waals surface area contributed by atoms with Gasteiger partial charge in [-0.2, -0.15) is 0 Å². The number of nitrogens with zero attached hydrogens (tertiary/aromatic N) is 2. The van der Waals surface area contributed by atoms with Crippen molar-refractivity contribution in [2.24, 2.45) is 0 Å². The van der Waals surface area contributed by atoms with Crippen LogP contribution in [0.1, 0.15) is 227 Å². The molecule has 0 N–H and O–H groups in total. The normalized spacial score (nSPS) is 13.7. The van der Waals surface area contributed by atoms with Crippen molar-refractivity contribution in [1.82, 2.24) is 9.80 Å². The summed E-state index contributed by atoms with van der Waals surface area (Å²) >= 11 is 0. The fourth-order valence-corrected chi connectivity index (χ4v) is 7.66. The number of esters is 2. The lowest BCUT2D eigenvalue weighted by atomic mass is 9.91. The van der Waals surface area contributed by atoms with Gasteiger partial charge in [0, 0.05) is 32.0 Å². The lowest BCUT2D eigenvalue weighted by molar-refractivity contribution is -0.150. The van der Waals surface area contributed by atoms with Crippen molar-refractivity contribution >= 4 is 11.9 Å². The molecule has 1 aliphatic rings. The number of unbranched alkanes of at least 4 members (excludes halogenated alkanes) is 16. The third-order valence-corrected chi connectivity index (χ3v) is 11.7. The summed E-state index contributed by atoms with van der Waals surface area (Å²) in [5, 5.41) is 0. The Hall–Kier alpha value is -1.92. The van der Waals surface area contributed by atoms with Gasteiger partial charge in [-0.3, -0.25) is 14.5 Å². The van der Waals surface area contributed by atoms with E-state index < -0.39 is 0 Å². The molecule has 0 spiro atoms. The van der Waals surface area contributed by atoms with E-state index in [4.69, 9.17) is 9.47 Å². The first-order valence-electron chi connectivity index (χ1n) is 24.8. The molecular formula is C51H94N2O4. The molecule has 0 radical (unpaired) electrons. The molecule has 1 aliphatic carbocycles. The summed E-state index contributed by atoms with van der Waals surface area (Å²) in [5.41, 5.74) is 0. The fraction of sp³-hybridized carbons (Fsp3) is 0.843. The Kier molecular flexibility index (Phi) is 38.0. The second kappa shape index (κ2) is 40.8. The Balaban J connectivity index is 2.43. The maximum atomic E-state index is 13.0. The Morgan fingerprint density at radius 2 is 1.00 bits per heavy atom. The molecule has 1 saturated carbocycles. The van der Waals surface area contributed by atoms with Gasteiger partial charge in [-0.25, -0.2) is 0 Å². The van der Waals surface area contributed by atoms with Gasteiger partial charge in [0.25, 0.3) is 0 Å². The number of allylic oxidation sites excluding steroid dienone is 6. The van der Waals surface area contributed by atoms with Crippen LogP contribution in [0.25, 0.3) is 0 Å². The molecule has 332 valence electrons. The number of ether oxygens (including phenoxy) is 2. The van der Waals surface area contributed by atoms with Crippen molar-refractivity contribution < 1.29 is 19.1 Å². The lowest BCUT2D eigenvalue weighted by Gasteiger charge is -2.38. The van der Waals surface area contributed by atoms with Crippen molar-refractivity contribution in [3.05, 3.63) is 36.5 Å². The lowest BCUT2D eigenvalue weighted by Crippen LogP contribution is -2.44. The van der Waals surface area contributed by atoms with Gasteiger partial charge >= 0.3 is 11.9 Å². The molecule has 0 unspecified atom stereocenters. The number of carbonyl (C=O) groups excluding carboxylic acids is 2. The Morgan fingerprint density at radius 3 is 1.46 bits per heavy atom. The molecule has 0 bridgehead atoms. The van der Waals surface area contributed by atoms with E-state index in [0.717, 1.165) is 135 Å². The fourth-order valence-electron chi connectivity index (χ4n) is 7.66. The van der Waals surface area contributed by atoms with Crippen LogP contribution >= 0.6 is 0 Å². The summed E-state index contributed by atoms with van der Waals surface area (Å²) in [6.07, 6.45) is 48.4. The quantitative estimate of drug-likeness (QED) is 0.0348. The highest BCUT2D eigenvalue weighted by Gasteiger charge is 2.23. The van der Waals surface area contributed by atoms with Crippen molar-refractivity contribution in [2.45, 2.75) is 239 Å². The summed E-state index contributed by atoms with van der Waals surface area (Å²) in [4.78, 5) is 30.6. The van der Waals surface area contributed by atoms with E-state index in [1.807, 2.05) is 0 Å². The van der Waals surface area contributed by atoms with Crippen molar-refractivity contribution in [2.75, 3.05) is 39.3 Å². The highest BCUT2D eigenvalue weighted by Crippen LogP contribution is 2.24. The van der Waals surface area contributed by atoms with Gasteiger partial charge in [-0.05, 0) is 148 Å². The predicted octanol–water partition coefficient (Wildman–Crippen LogP) is 14.3. The molecular weight excluding hydrogens is 705 g/mol. The highest BCUT2D eigenvalue weighted by molar-refractivity contribution is 5.69. The Labute approximate surface area is 354 Å². The maximum absolute atomic E-state index is 13.0. The van der Waals surface area contributed by atoms with Crippen molar-refractivity contribution in [3.63, 3.8) is 0 Å². The minimum atomic E-state index is -0.0432. The first kappa shape index (κ1) is 53.1. The number of rotatable bonds is 42. The molecule has 0 heterocycles. The average molecular weight is 799 g/mol. The zero-order chi connectivity index (χ0) is 41.3. The number of hydrogen-bond donors (Lipinski definition) is 0. The molecule has 1 fully saturated rings. The summed E-state index contributed by atoms with van der Waals surface area (Å²) in [7, 11) is 0. The van der Waals surface area contributed by atoms with Crippen molar-refractivity contribution in [1.29, 1.82) is 0 Å². The van der Waals surface area contributed by atoms with Crippen LogP contribution in [0.3, 0.4) is 0 Å². The van der Waals surface area contributed by atoms with Gasteiger partial charge in [-0.15, -0.1) is 0 Å². The van der Waals surface area contributed by atoms with Gasteiger partial charge in [-0.1, -0.05) is 122 Å². The molecule has 6 heteroatoms. The molecule has 0 amide bonds. The van der Waals surface area contributed by atoms with Crippen LogP contribution in [0.2, 0.25) is 0 Å². The zero-order valence-corrected chi connectivity index (χ0v) is 38.3. The molecule has 0 aliphatic heterocycles. The van der Waals surface area contributed by atoms with Crippen LogP contribution in [-0.2, 0) is 19.1 Å². The number of likely N-dealkylation sites (N-methyl/N-ethyl adjacent to an activating group) is 1. The molecule has 0 saturated heterocycles. The molecule has 57 heavy (non-hydrogen) atoms. The third-order valence-electron chi connectivity index (χ3n) is 11.7. The van der Waals surface area contributed by atoms with Crippen LogP contribution in [0.5, 0.6) is 0 Å². The first-order chi connectivity index (χ1) is 28.0. The van der Waals surface area contributed by atoms with E-state index in [-0.39, 0.29) is 18.0 Å². The number of hydrogen-bond acceptors (Lipinski definition) is 6. The highest BCUT2D eigenvalue weighted by atomic mass is 16.5. The van der Waals surface area contributed by atoms with Crippen molar-refractivity contribution in [3.8, 4) is 0 Å². The maximum Gasteiger partial charge on any atom is 0.306 e. The summed E-state index contributed by atoms with van der Waals surface area (Å²) in [5.74, 6) is -0.0484. The van der Waals surface area contributed by atoms with Gasteiger partial charge < -0.3 is 14.4 Å². The molecule has 0 aromatic rings. The van der Waals surface area contributed by atoms with Gasteiger partial charge in [0.2, 0.25) is 0 Å². The van der Waals surface area contributed by atoms with Gasteiger partial charge in [0.15, 0.2) is 0 Å². The van der Waals surface area contributed by atoms with Crippen LogP contribution in [0.4, 0.5) is 0 Å². The van der Waals surface area contributed by atoms with E-state index >= 15 is 0 Å². The van der Waals surface area contributed by atoms with Crippen LogP contribution in [0.15, 0.2) is 36.5 Å². The number of carbonyl (C=O) groups is 2. The predicted molar refractivity (Wildman–Crippen MR) is 246 cm³/mol. The van der Waals surface area contributed by atoms with E-state index in [0.29, 0.717) is 19.4 Å².